The molecule has 2 aliphatic rings. The zero-order valence-corrected chi connectivity index (χ0v) is 19.1. The van der Waals surface area contributed by atoms with Gasteiger partial charge in [0.1, 0.15) is 0 Å². The highest BCUT2D eigenvalue weighted by Crippen LogP contribution is 2.34. The van der Waals surface area contributed by atoms with Crippen LogP contribution in [-0.2, 0) is 6.54 Å². The number of likely N-dealkylation sites (tertiary alicyclic amines) is 1. The molecule has 168 valence electrons. The van der Waals surface area contributed by atoms with Crippen LogP contribution in [0.2, 0.25) is 0 Å². The maximum Gasteiger partial charge on any atom is 0.251 e. The van der Waals surface area contributed by atoms with Gasteiger partial charge < -0.3 is 14.8 Å². The van der Waals surface area contributed by atoms with E-state index in [4.69, 9.17) is 5.26 Å². The molecule has 0 spiro atoms. The number of likely N-dealkylation sites (N-methyl/N-ethyl adjacent to an activating group) is 1. The highest BCUT2D eigenvalue weighted by Gasteiger charge is 2.37. The molecule has 1 fully saturated rings. The van der Waals surface area contributed by atoms with Crippen molar-refractivity contribution < 1.29 is 4.79 Å². The second kappa shape index (κ2) is 7.44. The monoisotopic (exact) mass is 448 g/mol. The summed E-state index contributed by atoms with van der Waals surface area (Å²) in [4.78, 5) is 19.9. The van der Waals surface area contributed by atoms with Crippen molar-refractivity contribution >= 4 is 5.91 Å². The maximum absolute atomic E-state index is 13.0. The van der Waals surface area contributed by atoms with Gasteiger partial charge in [-0.15, -0.1) is 0 Å². The first-order valence-corrected chi connectivity index (χ1v) is 11.3. The van der Waals surface area contributed by atoms with Gasteiger partial charge in [-0.25, -0.2) is 4.98 Å². The Kier molecular flexibility index (Phi) is 4.48. The van der Waals surface area contributed by atoms with Crippen molar-refractivity contribution in [2.24, 2.45) is 0 Å². The molecule has 0 saturated carbocycles. The number of nitrogens with zero attached hydrogens (tertiary/aromatic N) is 5. The molecule has 0 bridgehead atoms. The van der Waals surface area contributed by atoms with Crippen LogP contribution in [0.3, 0.4) is 0 Å². The molecule has 2 aromatic heterocycles. The van der Waals surface area contributed by atoms with Crippen molar-refractivity contribution in [3.05, 3.63) is 83.8 Å². The van der Waals surface area contributed by atoms with E-state index in [0.29, 0.717) is 17.7 Å². The first-order chi connectivity index (χ1) is 16.4. The highest BCUT2D eigenvalue weighted by atomic mass is 16.1. The highest BCUT2D eigenvalue weighted by molar-refractivity contribution is 5.95. The second-order valence-electron chi connectivity index (χ2n) is 9.58. The Balaban J connectivity index is 1.37. The fourth-order valence-electron chi connectivity index (χ4n) is 5.25. The molecule has 1 N–H and O–H groups in total. The number of nitriles is 1. The second-order valence-corrected chi connectivity index (χ2v) is 9.58. The summed E-state index contributed by atoms with van der Waals surface area (Å²) in [7, 11) is 2.06. The van der Waals surface area contributed by atoms with E-state index in [1.54, 1.807) is 6.20 Å². The molecule has 2 aliphatic heterocycles. The van der Waals surface area contributed by atoms with Gasteiger partial charge in [0.25, 0.3) is 5.91 Å². The fourth-order valence-corrected chi connectivity index (χ4v) is 5.25. The third-order valence-electron chi connectivity index (χ3n) is 6.71. The van der Waals surface area contributed by atoms with Crippen LogP contribution >= 0.6 is 0 Å². The lowest BCUT2D eigenvalue weighted by Gasteiger charge is -2.46. The molecule has 6 rings (SSSR count). The van der Waals surface area contributed by atoms with Gasteiger partial charge in [0.2, 0.25) is 0 Å². The molecule has 7 nitrogen and oxygen atoms in total. The summed E-state index contributed by atoms with van der Waals surface area (Å²) in [6, 6.07) is 17.8. The van der Waals surface area contributed by atoms with Crippen LogP contribution in [0.5, 0.6) is 0 Å². The lowest BCUT2D eigenvalue weighted by Crippen LogP contribution is -2.67. The number of hydrogen-bond acceptors (Lipinski definition) is 4. The van der Waals surface area contributed by atoms with Crippen molar-refractivity contribution in [2.75, 3.05) is 20.1 Å². The molecule has 0 aliphatic carbocycles. The van der Waals surface area contributed by atoms with E-state index in [9.17, 15) is 4.79 Å². The first-order valence-electron chi connectivity index (χ1n) is 11.3. The van der Waals surface area contributed by atoms with Gasteiger partial charge in [0, 0.05) is 49.4 Å². The largest absolute Gasteiger partial charge is 0.344 e. The van der Waals surface area contributed by atoms with Crippen molar-refractivity contribution in [2.45, 2.75) is 19.0 Å². The molecule has 4 heterocycles. The number of carbonyl (C=O) groups excluding carboxylic acids is 1. The predicted octanol–water partition coefficient (Wildman–Crippen LogP) is 3.68. The third-order valence-corrected chi connectivity index (χ3v) is 6.71. The van der Waals surface area contributed by atoms with Crippen LogP contribution in [0, 0.1) is 11.3 Å². The number of nitrogens with one attached hydrogen (secondary N) is 1. The summed E-state index contributed by atoms with van der Waals surface area (Å²) in [5.74, 6) is 0.820. The standard InChI is InChI=1S/C27H24N6O/c1-27(16-31(2)17-27)30-26(34)20-7-8-23-22(11-20)15-32-14-21(19-5-3-18(13-28)4-6-19)12-24(32)25-29-9-10-33(23)25/h3-12,14H,15-17H2,1-2H3,(H,30,34). The zero-order valence-electron chi connectivity index (χ0n) is 19.1. The predicted molar refractivity (Wildman–Crippen MR) is 130 cm³/mol. The minimum atomic E-state index is -0.181. The topological polar surface area (TPSA) is 78.9 Å². The summed E-state index contributed by atoms with van der Waals surface area (Å²) in [5.41, 5.74) is 6.33. The van der Waals surface area contributed by atoms with Crippen molar-refractivity contribution in [1.29, 1.82) is 5.26 Å². The number of carbonyl (C=O) groups is 1. The summed E-state index contributed by atoms with van der Waals surface area (Å²) < 4.78 is 4.27. The molecule has 2 aromatic carbocycles. The summed E-state index contributed by atoms with van der Waals surface area (Å²) in [5, 5.41) is 12.3. The van der Waals surface area contributed by atoms with Crippen LogP contribution < -0.4 is 5.32 Å². The third kappa shape index (κ3) is 3.31. The Morgan fingerprint density at radius 2 is 1.91 bits per heavy atom. The summed E-state index contributed by atoms with van der Waals surface area (Å²) >= 11 is 0. The normalized spacial score (nSPS) is 15.8. The molecule has 7 heteroatoms. The van der Waals surface area contributed by atoms with Gasteiger partial charge in [-0.05, 0) is 61.5 Å². The van der Waals surface area contributed by atoms with Gasteiger partial charge in [0.15, 0.2) is 5.82 Å². The summed E-state index contributed by atoms with van der Waals surface area (Å²) in [6.45, 7) is 4.42. The summed E-state index contributed by atoms with van der Waals surface area (Å²) in [6.07, 6.45) is 5.88. The van der Waals surface area contributed by atoms with E-state index < -0.39 is 0 Å². The van der Waals surface area contributed by atoms with Gasteiger partial charge in [-0.1, -0.05) is 12.1 Å². The van der Waals surface area contributed by atoms with E-state index >= 15 is 0 Å². The number of benzene rings is 2. The first kappa shape index (κ1) is 20.5. The smallest absolute Gasteiger partial charge is 0.251 e. The van der Waals surface area contributed by atoms with Crippen LogP contribution in [0.4, 0.5) is 0 Å². The fraction of sp³-hybridized carbons (Fsp3) is 0.222. The minimum absolute atomic E-state index is 0.0421. The minimum Gasteiger partial charge on any atom is -0.344 e. The molecule has 34 heavy (non-hydrogen) atoms. The van der Waals surface area contributed by atoms with Crippen LogP contribution in [-0.4, -0.2) is 50.6 Å². The van der Waals surface area contributed by atoms with Gasteiger partial charge in [-0.3, -0.25) is 9.36 Å². The number of rotatable bonds is 3. The Labute approximate surface area is 197 Å². The number of hydrogen-bond donors (Lipinski definition) is 1. The van der Waals surface area contributed by atoms with Crippen LogP contribution in [0.15, 0.2) is 67.1 Å². The van der Waals surface area contributed by atoms with Gasteiger partial charge >= 0.3 is 0 Å². The van der Waals surface area contributed by atoms with Gasteiger partial charge in [0.05, 0.1) is 28.6 Å². The van der Waals surface area contributed by atoms with Gasteiger partial charge in [-0.2, -0.15) is 5.26 Å². The molecule has 0 unspecified atom stereocenters. The van der Waals surface area contributed by atoms with E-state index in [2.05, 4.69) is 56.6 Å². The number of aromatic nitrogens is 3. The Hall–Kier alpha value is -4.15. The lowest BCUT2D eigenvalue weighted by molar-refractivity contribution is 0.0615. The molecule has 0 atom stereocenters. The van der Waals surface area contributed by atoms with Crippen molar-refractivity contribution in [3.63, 3.8) is 0 Å². The van der Waals surface area contributed by atoms with E-state index in [-0.39, 0.29) is 11.4 Å². The molecule has 4 aromatic rings. The van der Waals surface area contributed by atoms with E-state index in [0.717, 1.165) is 47.0 Å². The average Bonchev–Trinajstić information content (AvgIpc) is 3.43. The lowest BCUT2D eigenvalue weighted by atomic mass is 9.92. The molecule has 0 radical (unpaired) electrons. The number of fused-ring (bicyclic) bond motifs is 5. The number of amides is 1. The average molecular weight is 449 g/mol. The van der Waals surface area contributed by atoms with Crippen LogP contribution in [0.1, 0.15) is 28.4 Å². The molecular formula is C27H24N6O. The maximum atomic E-state index is 13.0. The number of imidazole rings is 1. The quantitative estimate of drug-likeness (QED) is 0.457. The van der Waals surface area contributed by atoms with Crippen molar-refractivity contribution in [1.82, 2.24) is 24.3 Å². The molecule has 1 amide bonds. The SMILES string of the molecule is CN1CC(C)(NC(=O)c2ccc3c(c2)Cn2cc(-c4ccc(C#N)cc4)cc2-c2nccn2-3)C1. The zero-order chi connectivity index (χ0) is 23.4. The Bertz CT molecular complexity index is 1460. The van der Waals surface area contributed by atoms with E-state index in [1.165, 1.54) is 0 Å². The van der Waals surface area contributed by atoms with Crippen LogP contribution in [0.25, 0.3) is 28.3 Å². The molecular weight excluding hydrogens is 424 g/mol. The Morgan fingerprint density at radius 3 is 2.65 bits per heavy atom. The van der Waals surface area contributed by atoms with E-state index in [1.807, 2.05) is 48.7 Å². The molecule has 1 saturated heterocycles. The van der Waals surface area contributed by atoms with Crippen molar-refractivity contribution in [3.8, 4) is 34.4 Å². The Morgan fingerprint density at radius 1 is 1.12 bits per heavy atom.